The number of carbonyl (C=O) groups excluding carboxylic acids is 1. The van der Waals surface area contributed by atoms with Crippen LogP contribution in [0.3, 0.4) is 0 Å². The quantitative estimate of drug-likeness (QED) is 0.438. The lowest BCUT2D eigenvalue weighted by Gasteiger charge is -2.30. The Hall–Kier alpha value is -3.46. The van der Waals surface area contributed by atoms with Crippen molar-refractivity contribution in [3.05, 3.63) is 41.6 Å². The fourth-order valence-corrected chi connectivity index (χ4v) is 4.52. The number of anilines is 3. The molecule has 5 rings (SSSR count). The number of aliphatic hydroxyl groups is 1. The molecule has 8 nitrogen and oxygen atoms in total. The fraction of sp³-hybridized carbons (Fsp3) is 0.375. The van der Waals surface area contributed by atoms with Gasteiger partial charge in [-0.1, -0.05) is 6.92 Å². The van der Waals surface area contributed by atoms with Crippen LogP contribution in [0, 0.1) is 12.7 Å². The largest absolute Gasteiger partial charge is 0.446 e. The van der Waals surface area contributed by atoms with E-state index in [-0.39, 0.29) is 17.6 Å². The van der Waals surface area contributed by atoms with Crippen molar-refractivity contribution in [2.75, 3.05) is 22.9 Å². The highest BCUT2D eigenvalue weighted by Crippen LogP contribution is 2.40. The van der Waals surface area contributed by atoms with Crippen LogP contribution in [0.15, 0.2) is 24.5 Å². The molecule has 3 heterocycles. The van der Waals surface area contributed by atoms with E-state index in [1.807, 2.05) is 6.92 Å². The van der Waals surface area contributed by atoms with Gasteiger partial charge in [0.25, 0.3) is 0 Å². The Kier molecular flexibility index (Phi) is 5.28. The maximum absolute atomic E-state index is 15.3. The second-order valence-corrected chi connectivity index (χ2v) is 8.89. The van der Waals surface area contributed by atoms with Crippen LogP contribution >= 0.6 is 0 Å². The number of hydrogen-bond acceptors (Lipinski definition) is 7. The van der Waals surface area contributed by atoms with Crippen molar-refractivity contribution in [1.82, 2.24) is 9.97 Å². The van der Waals surface area contributed by atoms with Crippen molar-refractivity contribution in [1.29, 1.82) is 0 Å². The molecule has 1 aliphatic heterocycles. The van der Waals surface area contributed by atoms with Gasteiger partial charge in [0.05, 0.1) is 23.2 Å². The maximum atomic E-state index is 15.3. The van der Waals surface area contributed by atoms with E-state index in [4.69, 9.17) is 10.5 Å². The zero-order valence-electron chi connectivity index (χ0n) is 18.5. The minimum atomic E-state index is -0.649. The summed E-state index contributed by atoms with van der Waals surface area (Å²) >= 11 is 0. The smallest absolute Gasteiger partial charge is 0.413 e. The van der Waals surface area contributed by atoms with Crippen molar-refractivity contribution in [2.45, 2.75) is 51.2 Å². The number of nitrogens with two attached hydrogens (primary N) is 1. The third kappa shape index (κ3) is 3.82. The molecule has 1 saturated carbocycles. The number of aromatic nitrogens is 2. The highest BCUT2D eigenvalue weighted by molar-refractivity contribution is 5.99. The van der Waals surface area contributed by atoms with Gasteiger partial charge in [0.2, 0.25) is 0 Å². The molecule has 1 aliphatic carbocycles. The molecule has 3 aromatic rings. The highest BCUT2D eigenvalue weighted by Gasteiger charge is 2.30. The van der Waals surface area contributed by atoms with Crippen molar-refractivity contribution >= 4 is 34.1 Å². The average Bonchev–Trinajstić information content (AvgIpc) is 2.76. The van der Waals surface area contributed by atoms with E-state index in [0.29, 0.717) is 40.7 Å². The Labute approximate surface area is 190 Å². The molecular weight excluding hydrogens is 425 g/mol. The molecule has 0 radical (unpaired) electrons. The summed E-state index contributed by atoms with van der Waals surface area (Å²) in [5, 5.41) is 16.4. The Bertz CT molecular complexity index is 1260. The maximum Gasteiger partial charge on any atom is 0.413 e. The van der Waals surface area contributed by atoms with Crippen LogP contribution in [0.5, 0.6) is 0 Å². The number of carbonyl (C=O) groups is 1. The van der Waals surface area contributed by atoms with Crippen molar-refractivity contribution in [3.8, 4) is 11.1 Å². The summed E-state index contributed by atoms with van der Waals surface area (Å²) in [6, 6.07) is 3.33. The summed E-state index contributed by atoms with van der Waals surface area (Å²) in [7, 11) is 0. The Morgan fingerprint density at radius 2 is 2.06 bits per heavy atom. The average molecular weight is 452 g/mol. The van der Waals surface area contributed by atoms with Crippen LogP contribution in [-0.2, 0) is 4.74 Å². The number of nitrogens with one attached hydrogen (secondary N) is 2. The predicted octanol–water partition coefficient (Wildman–Crippen LogP) is 4.32. The molecule has 0 saturated heterocycles. The molecule has 0 bridgehead atoms. The first-order chi connectivity index (χ1) is 15.8. The zero-order valence-corrected chi connectivity index (χ0v) is 18.5. The Morgan fingerprint density at radius 3 is 2.82 bits per heavy atom. The van der Waals surface area contributed by atoms with Crippen molar-refractivity contribution in [3.63, 3.8) is 0 Å². The number of pyridine rings is 2. The normalized spacial score (nSPS) is 21.6. The molecule has 172 valence electrons. The number of rotatable bonds is 3. The summed E-state index contributed by atoms with van der Waals surface area (Å²) in [6.07, 6.45) is 3.63. The number of benzene rings is 1. The van der Waals surface area contributed by atoms with Crippen LogP contribution < -0.4 is 16.4 Å². The number of ether oxygens (including phenoxy) is 1. The molecule has 5 N–H and O–H groups in total. The second-order valence-electron chi connectivity index (χ2n) is 8.89. The van der Waals surface area contributed by atoms with Gasteiger partial charge >= 0.3 is 6.09 Å². The molecule has 1 atom stereocenters. The lowest BCUT2D eigenvalue weighted by atomic mass is 9.91. The van der Waals surface area contributed by atoms with Gasteiger partial charge < -0.3 is 20.9 Å². The highest BCUT2D eigenvalue weighted by atomic mass is 19.1. The topological polar surface area (TPSA) is 122 Å². The lowest BCUT2D eigenvalue weighted by Crippen LogP contribution is -2.37. The first-order valence-electron chi connectivity index (χ1n) is 11.1. The number of halogens is 1. The third-order valence-corrected chi connectivity index (χ3v) is 6.58. The number of amides is 1. The van der Waals surface area contributed by atoms with E-state index in [1.54, 1.807) is 18.3 Å². The molecule has 2 aromatic heterocycles. The lowest BCUT2D eigenvalue weighted by molar-refractivity contribution is -0.0308. The summed E-state index contributed by atoms with van der Waals surface area (Å²) < 4.78 is 20.6. The number of nitrogens with zero attached hydrogens (tertiary/aromatic N) is 2. The number of hydrogen-bond donors (Lipinski definition) is 4. The fourth-order valence-electron chi connectivity index (χ4n) is 4.52. The standard InChI is InChI=1S/C24H26FN5O3/c1-11-3-4-27-23-12(2)17(9-29-22(11)23)16-5-13-6-19(28-10-18(13)21(26)20(16)25)30-24(32)33-15-7-14(31)8-15/h5-6,9-11,14-15,27,31H,3-4,7-8,26H2,1-2H3,(H,28,30,32). The molecule has 0 spiro atoms. The first-order valence-corrected chi connectivity index (χ1v) is 11.1. The van der Waals surface area contributed by atoms with E-state index < -0.39 is 18.0 Å². The van der Waals surface area contributed by atoms with Crippen LogP contribution in [0.2, 0.25) is 0 Å². The second kappa shape index (κ2) is 8.15. The van der Waals surface area contributed by atoms with Crippen LogP contribution in [0.1, 0.15) is 43.4 Å². The Balaban J connectivity index is 1.50. The first kappa shape index (κ1) is 21.4. The van der Waals surface area contributed by atoms with Gasteiger partial charge in [0.15, 0.2) is 5.82 Å². The van der Waals surface area contributed by atoms with Crippen molar-refractivity contribution < 1.29 is 19.0 Å². The van der Waals surface area contributed by atoms with E-state index in [0.717, 1.165) is 29.9 Å². The van der Waals surface area contributed by atoms with E-state index >= 15 is 4.39 Å². The molecular formula is C24H26FN5O3. The molecule has 1 unspecified atom stereocenters. The van der Waals surface area contributed by atoms with Gasteiger partial charge in [-0.3, -0.25) is 10.3 Å². The molecule has 2 aliphatic rings. The molecule has 1 fully saturated rings. The third-order valence-electron chi connectivity index (χ3n) is 6.58. The number of aliphatic hydroxyl groups excluding tert-OH is 1. The monoisotopic (exact) mass is 451 g/mol. The Morgan fingerprint density at radius 1 is 1.27 bits per heavy atom. The number of nitrogen functional groups attached to an aromatic ring is 1. The summed E-state index contributed by atoms with van der Waals surface area (Å²) in [5.41, 5.74) is 9.99. The summed E-state index contributed by atoms with van der Waals surface area (Å²) in [5.74, 6) is 0.0740. The van der Waals surface area contributed by atoms with Crippen molar-refractivity contribution in [2.24, 2.45) is 0 Å². The number of fused-ring (bicyclic) bond motifs is 2. The van der Waals surface area contributed by atoms with Gasteiger partial charge in [-0.2, -0.15) is 0 Å². The SMILES string of the molecule is Cc1c(-c2cc3cc(NC(=O)OC4CC(O)C4)ncc3c(N)c2F)cnc2c1NCCC2C. The predicted molar refractivity (Wildman–Crippen MR) is 125 cm³/mol. The van der Waals surface area contributed by atoms with Gasteiger partial charge in [-0.25, -0.2) is 14.2 Å². The summed E-state index contributed by atoms with van der Waals surface area (Å²) in [4.78, 5) is 20.9. The molecule has 9 heteroatoms. The van der Waals surface area contributed by atoms with E-state index in [1.165, 1.54) is 6.20 Å². The van der Waals surface area contributed by atoms with Crippen LogP contribution in [0.25, 0.3) is 21.9 Å². The van der Waals surface area contributed by atoms with E-state index in [9.17, 15) is 9.90 Å². The van der Waals surface area contributed by atoms with E-state index in [2.05, 4.69) is 27.5 Å². The van der Waals surface area contributed by atoms with Gasteiger partial charge in [-0.15, -0.1) is 0 Å². The van der Waals surface area contributed by atoms with Gasteiger partial charge in [0.1, 0.15) is 11.9 Å². The zero-order chi connectivity index (χ0) is 23.3. The van der Waals surface area contributed by atoms with Crippen LogP contribution in [-0.4, -0.2) is 39.9 Å². The molecule has 33 heavy (non-hydrogen) atoms. The minimum Gasteiger partial charge on any atom is -0.446 e. The summed E-state index contributed by atoms with van der Waals surface area (Å²) in [6.45, 7) is 4.94. The molecule has 1 amide bonds. The minimum absolute atomic E-state index is 0.00831. The van der Waals surface area contributed by atoms with Gasteiger partial charge in [0, 0.05) is 54.2 Å². The molecule has 1 aromatic carbocycles. The van der Waals surface area contributed by atoms with Gasteiger partial charge in [-0.05, 0) is 36.4 Å². The van der Waals surface area contributed by atoms with Crippen LogP contribution in [0.4, 0.5) is 26.4 Å².